The molecule has 0 amide bonds. The van der Waals surface area contributed by atoms with Crippen LogP contribution in [0.3, 0.4) is 0 Å². The number of pyridine rings is 2. The van der Waals surface area contributed by atoms with Crippen LogP contribution >= 0.6 is 11.6 Å². The van der Waals surface area contributed by atoms with Crippen molar-refractivity contribution < 1.29 is 45.8 Å². The molecule has 27 heteroatoms. The number of rotatable bonds is 10. The van der Waals surface area contributed by atoms with E-state index in [1.165, 1.54) is 24.8 Å². The zero-order valence-corrected chi connectivity index (χ0v) is 44.3. The molecule has 0 aliphatic carbocycles. The summed E-state index contributed by atoms with van der Waals surface area (Å²) >= 11 is 6.11. The van der Waals surface area contributed by atoms with Crippen molar-refractivity contribution in [3.63, 3.8) is 0 Å². The van der Waals surface area contributed by atoms with Crippen LogP contribution in [-0.4, -0.2) is 187 Å². The second kappa shape index (κ2) is 24.5. The van der Waals surface area contributed by atoms with E-state index in [9.17, 15) is 17.6 Å². The molecule has 5 aliphatic heterocycles. The number of nitrogen functional groups attached to an aromatic ring is 1. The fourth-order valence-corrected chi connectivity index (χ4v) is 8.49. The van der Waals surface area contributed by atoms with E-state index in [-0.39, 0.29) is 69.1 Å². The number of hydrogen-bond donors (Lipinski definition) is 1. The molecule has 0 unspecified atom stereocenters. The van der Waals surface area contributed by atoms with Crippen LogP contribution in [0.25, 0.3) is 11.4 Å². The van der Waals surface area contributed by atoms with Gasteiger partial charge < -0.3 is 58.5 Å². The highest BCUT2D eigenvalue weighted by Crippen LogP contribution is 2.38. The third-order valence-corrected chi connectivity index (χ3v) is 13.4. The Hall–Kier alpha value is -5.38. The molecule has 5 saturated heterocycles. The van der Waals surface area contributed by atoms with Gasteiger partial charge in [0.1, 0.15) is 5.82 Å². The first-order valence-corrected chi connectivity index (χ1v) is 24.9. The summed E-state index contributed by atoms with van der Waals surface area (Å²) in [6.45, 7) is 23.3. The third kappa shape index (κ3) is 13.7. The Morgan fingerprint density at radius 2 is 1.07 bits per heavy atom. The van der Waals surface area contributed by atoms with Crippen molar-refractivity contribution in [3.8, 4) is 11.4 Å². The fraction of sp³-hybridized carbons (Fsp3) is 0.638. The van der Waals surface area contributed by atoms with Gasteiger partial charge in [0.05, 0.1) is 94.6 Å². The second-order valence-electron chi connectivity index (χ2n) is 19.7. The van der Waals surface area contributed by atoms with Crippen molar-refractivity contribution in [1.29, 1.82) is 0 Å². The van der Waals surface area contributed by atoms with E-state index < -0.39 is 31.2 Å². The van der Waals surface area contributed by atoms with Gasteiger partial charge in [0.25, 0.3) is 12.9 Å². The number of ether oxygens (including phenoxy) is 4. The molecule has 4 aromatic rings. The number of anilines is 5. The summed E-state index contributed by atoms with van der Waals surface area (Å²) in [5.74, 6) is 2.50. The lowest BCUT2D eigenvalue weighted by Crippen LogP contribution is -2.46. The summed E-state index contributed by atoms with van der Waals surface area (Å²) < 4.78 is 87.9. The molecule has 404 valence electrons. The Morgan fingerprint density at radius 1 is 0.649 bits per heavy atom. The molecule has 74 heavy (non-hydrogen) atoms. The van der Waals surface area contributed by atoms with E-state index in [0.29, 0.717) is 89.7 Å². The summed E-state index contributed by atoms with van der Waals surface area (Å²) in [7, 11) is 2.70. The van der Waals surface area contributed by atoms with E-state index in [1.807, 2.05) is 51.3 Å². The highest BCUT2D eigenvalue weighted by molar-refractivity contribution is 6.62. The van der Waals surface area contributed by atoms with Gasteiger partial charge in [0.15, 0.2) is 11.6 Å². The minimum Gasteiger partial charge on any atom is -0.399 e. The zero-order chi connectivity index (χ0) is 53.5. The predicted octanol–water partition coefficient (Wildman–Crippen LogP) is 5.42. The maximum absolute atomic E-state index is 13.7. The first-order valence-electron chi connectivity index (χ1n) is 24.6. The van der Waals surface area contributed by atoms with Crippen LogP contribution in [0.15, 0.2) is 29.5 Å². The van der Waals surface area contributed by atoms with Gasteiger partial charge in [0.2, 0.25) is 29.1 Å². The van der Waals surface area contributed by atoms with Gasteiger partial charge in [-0.1, -0.05) is 0 Å². The molecule has 4 aromatic heterocycles. The smallest absolute Gasteiger partial charge is 0.399 e. The molecule has 5 aliphatic rings. The minimum atomic E-state index is -2.74. The van der Waals surface area contributed by atoms with Crippen molar-refractivity contribution >= 4 is 65.9 Å². The summed E-state index contributed by atoms with van der Waals surface area (Å²) in [6.07, 6.45) is -1.25. The van der Waals surface area contributed by atoms with Gasteiger partial charge in [0, 0.05) is 74.8 Å². The maximum atomic E-state index is 13.7. The molecule has 0 radical (unpaired) electrons. The zero-order valence-electron chi connectivity index (χ0n) is 43.6. The van der Waals surface area contributed by atoms with Crippen LogP contribution in [0.5, 0.6) is 0 Å². The quantitative estimate of drug-likeness (QED) is 0.0909. The Morgan fingerprint density at radius 3 is 1.46 bits per heavy atom. The highest BCUT2D eigenvalue weighted by Gasteiger charge is 2.52. The second-order valence-corrected chi connectivity index (χ2v) is 20.0. The average Bonchev–Trinajstić information content (AvgIpc) is 3.58. The molecule has 0 bridgehead atoms. The highest BCUT2D eigenvalue weighted by atomic mass is 35.5. The Labute approximate surface area is 434 Å². The summed E-state index contributed by atoms with van der Waals surface area (Å²) in [4.78, 5) is 49.1. The molecule has 5 fully saturated rings. The predicted molar refractivity (Wildman–Crippen MR) is 275 cm³/mol. The van der Waals surface area contributed by atoms with Crippen LogP contribution in [-0.2, 0) is 28.3 Å². The number of aliphatic imine (C=N–C) groups is 1. The fourth-order valence-electron chi connectivity index (χ4n) is 8.34. The van der Waals surface area contributed by atoms with Crippen LogP contribution in [0.4, 0.5) is 53.0 Å². The van der Waals surface area contributed by atoms with Gasteiger partial charge >= 0.3 is 7.12 Å². The van der Waals surface area contributed by atoms with Crippen LogP contribution in [0.1, 0.15) is 79.4 Å². The van der Waals surface area contributed by atoms with E-state index in [1.54, 1.807) is 19.0 Å². The molecule has 0 saturated carbocycles. The lowest BCUT2D eigenvalue weighted by molar-refractivity contribution is 0.00578. The van der Waals surface area contributed by atoms with Gasteiger partial charge in [-0.15, -0.1) is 0 Å². The Bertz CT molecular complexity index is 2450. The summed E-state index contributed by atoms with van der Waals surface area (Å²) in [6, 6.07) is 2.98. The average molecular weight is 1060 g/mol. The summed E-state index contributed by atoms with van der Waals surface area (Å²) in [5.41, 5.74) is 4.39. The van der Waals surface area contributed by atoms with Crippen molar-refractivity contribution in [3.05, 3.63) is 40.9 Å². The lowest BCUT2D eigenvalue weighted by atomic mass is 9.77. The molecule has 0 aromatic carbocycles. The number of nitrogens with zero attached hydrogens (tertiary/aromatic N) is 14. The van der Waals surface area contributed by atoms with Crippen molar-refractivity contribution in [2.45, 2.75) is 104 Å². The molecule has 0 spiro atoms. The standard InChI is InChI=1S/C19H25F2N7O2.C15H22BF2N3O2.C13H20ClN5O2/c1-11-9-29-5-3-27(11)18-24-17(14-8-23-15(22)7-13(14)16(20)21)25-19(26-18)28-4-6-30-10-12(28)2;1-14(2)15(3,4)23-16(22-14)11-8-19-12(20-9-21(5)6)7-10(11)13(17)18;1-9-7-20-5-3-18(9)12-15-11(14)16-13(17-12)19-4-6-21-8-10(19)2/h7-8,11-12,16H,3-6,9-10H2,1-2H3,(H2,22,23);7-9,13H,1-6H3;9-10H,3-8H2,1-2H3/t11-,12-;;9-,10-/m1.1/s1. The van der Waals surface area contributed by atoms with Crippen molar-refractivity contribution in [1.82, 2.24) is 44.8 Å². The molecule has 4 atom stereocenters. The number of aromatic nitrogens is 8. The normalized spacial score (nSPS) is 23.0. The van der Waals surface area contributed by atoms with Crippen molar-refractivity contribution in [2.75, 3.05) is 118 Å². The van der Waals surface area contributed by atoms with Gasteiger partial charge in [-0.2, -0.15) is 29.9 Å². The van der Waals surface area contributed by atoms with Crippen LogP contribution < -0.4 is 30.8 Å². The Balaban J connectivity index is 0.000000165. The molecule has 9 rings (SSSR count). The van der Waals surface area contributed by atoms with Gasteiger partial charge in [-0.05, 0) is 79.1 Å². The Kier molecular flexibility index (Phi) is 18.7. The van der Waals surface area contributed by atoms with Crippen molar-refractivity contribution in [2.24, 2.45) is 4.99 Å². The maximum Gasteiger partial charge on any atom is 0.496 e. The molecular formula is C47H67BClF4N15O6. The van der Waals surface area contributed by atoms with E-state index in [2.05, 4.69) is 68.5 Å². The molecular weight excluding hydrogens is 993 g/mol. The number of alkyl halides is 4. The van der Waals surface area contributed by atoms with Gasteiger partial charge in [-0.3, -0.25) is 0 Å². The molecule has 21 nitrogen and oxygen atoms in total. The third-order valence-electron chi connectivity index (χ3n) is 13.2. The minimum absolute atomic E-state index is 0.0205. The number of halogens is 5. The lowest BCUT2D eigenvalue weighted by Gasteiger charge is -2.36. The monoisotopic (exact) mass is 1060 g/mol. The van der Waals surface area contributed by atoms with Gasteiger partial charge in [-0.25, -0.2) is 32.5 Å². The van der Waals surface area contributed by atoms with E-state index >= 15 is 0 Å². The van der Waals surface area contributed by atoms with Crippen LogP contribution in [0, 0.1) is 0 Å². The number of nitrogens with two attached hydrogens (primary N) is 1. The SMILES string of the molecule is CN(C)C=Nc1cc(C(F)F)c(B2OC(C)(C)C(C)(C)O2)cn1.C[C@@H]1COCCN1c1nc(-c2cnc(N)cc2C(F)F)nc(N2CCOC[C@H]2C)n1.C[C@@H]1COCCN1c1nc(Cl)nc(N2CCOC[C@H]2C)n1. The first-order chi connectivity index (χ1) is 35.1. The topological polar surface area (TPSA) is 213 Å². The number of morpholine rings is 4. The molecule has 2 N–H and O–H groups in total. The number of hydrogen-bond acceptors (Lipinski definition) is 20. The van der Waals surface area contributed by atoms with Crippen LogP contribution in [0.2, 0.25) is 5.28 Å². The molecule has 9 heterocycles. The first kappa shape index (κ1) is 56.4. The largest absolute Gasteiger partial charge is 0.496 e. The summed E-state index contributed by atoms with van der Waals surface area (Å²) in [5, 5.41) is 0.229. The van der Waals surface area contributed by atoms with E-state index in [4.69, 9.17) is 45.6 Å². The van der Waals surface area contributed by atoms with E-state index in [0.717, 1.165) is 19.2 Å².